The maximum absolute atomic E-state index is 11.0. The van der Waals surface area contributed by atoms with Gasteiger partial charge in [-0.05, 0) is 50.2 Å². The molecule has 1 aliphatic carbocycles. The van der Waals surface area contributed by atoms with E-state index in [1.54, 1.807) is 12.1 Å². The fraction of sp³-hybridized carbons (Fsp3) is 0.647. The Morgan fingerprint density at radius 3 is 2.70 bits per heavy atom. The number of allylic oxidation sites excluding steroid dienone is 2. The Morgan fingerprint density at radius 2 is 1.88 bits per heavy atom. The van der Waals surface area contributed by atoms with E-state index in [2.05, 4.69) is 28.9 Å². The van der Waals surface area contributed by atoms with Gasteiger partial charge in [0.2, 0.25) is 0 Å². The molecule has 0 aromatic heterocycles. The number of unbranched alkanes of at least 4 members (excludes halogenated alkanes) is 3. The number of aliphatic hydroxyl groups excluding tert-OH is 2. The van der Waals surface area contributed by atoms with Crippen molar-refractivity contribution in [3.05, 3.63) is 53.1 Å². The van der Waals surface area contributed by atoms with Crippen LogP contribution in [0.2, 0.25) is 0 Å². The van der Waals surface area contributed by atoms with Crippen LogP contribution in [-0.4, -0.2) is 105 Å². The van der Waals surface area contributed by atoms with E-state index >= 15 is 0 Å². The number of phenolic OH excluding ortho intramolecular Hbond substituents is 1. The lowest BCUT2D eigenvalue weighted by Crippen LogP contribution is -2.48. The lowest BCUT2D eigenvalue weighted by molar-refractivity contribution is 0.000314. The average molecular weight is 609 g/mol. The van der Waals surface area contributed by atoms with Crippen LogP contribution < -0.4 is 0 Å². The van der Waals surface area contributed by atoms with Crippen molar-refractivity contribution < 1.29 is 20.1 Å². The van der Waals surface area contributed by atoms with E-state index in [0.29, 0.717) is 43.1 Å². The smallest absolute Gasteiger partial charge is 0.157 e. The zero-order valence-corrected chi connectivity index (χ0v) is 26.3. The summed E-state index contributed by atoms with van der Waals surface area (Å²) >= 11 is 2.01. The topological polar surface area (TPSA) is 101 Å². The Balaban J connectivity index is 1.07. The highest BCUT2D eigenvalue weighted by atomic mass is 32.2. The molecular formula is C34H48N4O4S. The molecule has 1 aromatic carbocycles. The van der Waals surface area contributed by atoms with Crippen molar-refractivity contribution in [3.63, 3.8) is 0 Å². The Morgan fingerprint density at radius 1 is 1.05 bits per heavy atom. The first kappa shape index (κ1) is 30.8. The second-order valence-electron chi connectivity index (χ2n) is 12.8. The number of hydrogen-bond acceptors (Lipinski definition) is 9. The van der Waals surface area contributed by atoms with Crippen LogP contribution in [0.15, 0.2) is 57.5 Å². The van der Waals surface area contributed by atoms with Crippen LogP contribution in [0.3, 0.4) is 0 Å². The first-order valence-corrected chi connectivity index (χ1v) is 17.4. The maximum Gasteiger partial charge on any atom is 0.157 e. The molecule has 4 aliphatic heterocycles. The Hall–Kier alpha value is -2.17. The third kappa shape index (κ3) is 7.39. The van der Waals surface area contributed by atoms with Crippen LogP contribution in [0.4, 0.5) is 0 Å². The van der Waals surface area contributed by atoms with E-state index in [4.69, 9.17) is 14.7 Å². The predicted molar refractivity (Wildman–Crippen MR) is 174 cm³/mol. The number of likely N-dealkylation sites (tertiary alicyclic amines) is 1. The zero-order chi connectivity index (χ0) is 29.8. The zero-order valence-electron chi connectivity index (χ0n) is 25.5. The van der Waals surface area contributed by atoms with Gasteiger partial charge in [0.25, 0.3) is 0 Å². The molecule has 3 saturated heterocycles. The van der Waals surface area contributed by atoms with Crippen LogP contribution in [0.25, 0.3) is 0 Å². The van der Waals surface area contributed by atoms with Crippen molar-refractivity contribution in [1.82, 2.24) is 9.80 Å². The van der Waals surface area contributed by atoms with Gasteiger partial charge in [0.1, 0.15) is 17.8 Å². The van der Waals surface area contributed by atoms with Crippen LogP contribution in [0.1, 0.15) is 70.3 Å². The maximum atomic E-state index is 11.0. The summed E-state index contributed by atoms with van der Waals surface area (Å²) in [7, 11) is 0. The Kier molecular flexibility index (Phi) is 10.2. The second-order valence-corrected chi connectivity index (χ2v) is 14.1. The molecule has 1 aromatic rings. The molecule has 234 valence electrons. The van der Waals surface area contributed by atoms with Gasteiger partial charge in [-0.1, -0.05) is 68.0 Å². The van der Waals surface area contributed by atoms with E-state index < -0.39 is 6.23 Å². The number of amidine groups is 2. The normalized spacial score (nSPS) is 28.9. The van der Waals surface area contributed by atoms with E-state index in [0.717, 1.165) is 63.3 Å². The largest absolute Gasteiger partial charge is 0.508 e. The highest BCUT2D eigenvalue weighted by molar-refractivity contribution is 8.01. The minimum atomic E-state index is -0.499. The highest BCUT2D eigenvalue weighted by Gasteiger charge is 2.45. The van der Waals surface area contributed by atoms with E-state index in [1.165, 1.54) is 30.4 Å². The number of fused-ring (bicyclic) bond motifs is 2. The van der Waals surface area contributed by atoms with Crippen molar-refractivity contribution >= 4 is 23.4 Å². The van der Waals surface area contributed by atoms with Gasteiger partial charge in [-0.15, -0.1) is 11.8 Å². The molecule has 0 saturated carbocycles. The van der Waals surface area contributed by atoms with E-state index in [1.807, 2.05) is 23.9 Å². The summed E-state index contributed by atoms with van der Waals surface area (Å²) < 4.78 is 5.64. The van der Waals surface area contributed by atoms with Gasteiger partial charge in [0, 0.05) is 37.0 Å². The fourth-order valence-corrected chi connectivity index (χ4v) is 8.85. The molecule has 6 unspecified atom stereocenters. The predicted octanol–water partition coefficient (Wildman–Crippen LogP) is 4.74. The summed E-state index contributed by atoms with van der Waals surface area (Å²) in [4.78, 5) is 14.8. The number of hydrogen-bond donors (Lipinski definition) is 3. The molecule has 3 fully saturated rings. The number of ether oxygens (including phenoxy) is 1. The van der Waals surface area contributed by atoms with E-state index in [-0.39, 0.29) is 23.1 Å². The van der Waals surface area contributed by atoms with Gasteiger partial charge in [-0.2, -0.15) is 0 Å². The minimum absolute atomic E-state index is 0.143. The third-order valence-corrected chi connectivity index (χ3v) is 11.3. The van der Waals surface area contributed by atoms with Crippen molar-refractivity contribution in [2.75, 3.05) is 39.4 Å². The number of benzene rings is 1. The van der Waals surface area contributed by atoms with Crippen molar-refractivity contribution in [3.8, 4) is 5.75 Å². The lowest BCUT2D eigenvalue weighted by Gasteiger charge is -2.35. The number of nitrogens with zero attached hydrogens (tertiary/aromatic N) is 4. The Bertz CT molecular complexity index is 1240. The molecule has 8 nitrogen and oxygen atoms in total. The molecule has 6 rings (SSSR count). The Labute approximate surface area is 260 Å². The molecule has 6 atom stereocenters. The number of aliphatic hydroxyl groups is 2. The molecule has 5 aliphatic rings. The van der Waals surface area contributed by atoms with Crippen molar-refractivity contribution in [2.24, 2.45) is 15.9 Å². The second kappa shape index (κ2) is 14.3. The summed E-state index contributed by atoms with van der Waals surface area (Å²) in [5.41, 5.74) is 3.75. The molecular weight excluding hydrogens is 560 g/mol. The SMILES string of the molecule is CCCCCCC(O)CCC(O)N1CC2=CC=C(C3CC4N=C(c5cccc(O)c5)N=C(N5CCOCC5)C4S3)CC2C1. The third-order valence-electron chi connectivity index (χ3n) is 9.66. The number of aliphatic imine (C=N–C) groups is 2. The van der Waals surface area contributed by atoms with Crippen LogP contribution in [0, 0.1) is 5.92 Å². The first-order valence-electron chi connectivity index (χ1n) is 16.4. The molecule has 0 bridgehead atoms. The lowest BCUT2D eigenvalue weighted by atomic mass is 9.86. The molecule has 4 heterocycles. The summed E-state index contributed by atoms with van der Waals surface area (Å²) in [6.07, 6.45) is 12.6. The monoisotopic (exact) mass is 608 g/mol. The molecule has 9 heteroatoms. The first-order chi connectivity index (χ1) is 21.0. The van der Waals surface area contributed by atoms with Crippen LogP contribution >= 0.6 is 11.8 Å². The van der Waals surface area contributed by atoms with Gasteiger partial charge in [-0.25, -0.2) is 4.99 Å². The summed E-state index contributed by atoms with van der Waals surface area (Å²) in [6, 6.07) is 7.41. The number of rotatable bonds is 11. The quantitative estimate of drug-likeness (QED) is 0.312. The van der Waals surface area contributed by atoms with Gasteiger partial charge < -0.3 is 25.0 Å². The summed E-state index contributed by atoms with van der Waals surface area (Å²) in [5.74, 6) is 2.49. The van der Waals surface area contributed by atoms with Crippen molar-refractivity contribution in [2.45, 2.75) is 93.6 Å². The fourth-order valence-electron chi connectivity index (χ4n) is 7.16. The molecule has 43 heavy (non-hydrogen) atoms. The number of morpholine rings is 1. The van der Waals surface area contributed by atoms with Gasteiger partial charge in [0.05, 0.1) is 30.6 Å². The van der Waals surface area contributed by atoms with Crippen LogP contribution in [0.5, 0.6) is 5.75 Å². The minimum Gasteiger partial charge on any atom is -0.508 e. The van der Waals surface area contributed by atoms with Gasteiger partial charge in [-0.3, -0.25) is 9.89 Å². The molecule has 0 amide bonds. The van der Waals surface area contributed by atoms with Crippen molar-refractivity contribution in [1.29, 1.82) is 0 Å². The van der Waals surface area contributed by atoms with Crippen LogP contribution in [-0.2, 0) is 4.74 Å². The number of aromatic hydroxyl groups is 1. The molecule has 0 radical (unpaired) electrons. The summed E-state index contributed by atoms with van der Waals surface area (Å²) in [6.45, 7) is 7.00. The number of phenols is 1. The highest BCUT2D eigenvalue weighted by Crippen LogP contribution is 2.46. The molecule has 0 spiro atoms. The summed E-state index contributed by atoms with van der Waals surface area (Å²) in [5, 5.41) is 32.1. The number of thioether (sulfide) groups is 1. The molecule has 3 N–H and O–H groups in total. The average Bonchev–Trinajstić information content (AvgIpc) is 3.66. The van der Waals surface area contributed by atoms with Gasteiger partial charge in [0.15, 0.2) is 5.84 Å². The van der Waals surface area contributed by atoms with Gasteiger partial charge >= 0.3 is 0 Å². The standard InChI is InChI=1S/C34H48N4O4S/c1-2-3-4-5-8-27(39)12-13-31(41)38-21-25-11-10-23(18-26(25)22-38)30-20-29-32(43-30)34(37-14-16-42-17-15-37)36-33(35-29)24-7-6-9-28(40)19-24/h6-7,9-11,19,26-27,29-32,39-41H,2-5,8,12-18,20-22H2,1H3. The van der Waals surface area contributed by atoms with E-state index in [9.17, 15) is 15.3 Å².